The van der Waals surface area contributed by atoms with Crippen molar-refractivity contribution in [1.29, 1.82) is 0 Å². The Bertz CT molecular complexity index is 685. The number of likely N-dealkylation sites (tertiary alicyclic amines) is 1. The highest BCUT2D eigenvalue weighted by Crippen LogP contribution is 2.36. The lowest BCUT2D eigenvalue weighted by atomic mass is 10.1. The molecule has 0 N–H and O–H groups in total. The van der Waals surface area contributed by atoms with Crippen LogP contribution < -0.4 is 9.80 Å². The molecule has 4 rings (SSSR count). The van der Waals surface area contributed by atoms with E-state index in [4.69, 9.17) is 0 Å². The number of nitrogens with zero attached hydrogens (tertiary/aromatic N) is 3. The number of para-hydroxylation sites is 2. The third kappa shape index (κ3) is 3.00. The van der Waals surface area contributed by atoms with Gasteiger partial charge in [0.15, 0.2) is 0 Å². The number of hydrogen-bond donors (Lipinski definition) is 0. The first kappa shape index (κ1) is 16.4. The molecule has 0 spiro atoms. The Labute approximate surface area is 149 Å². The van der Waals surface area contributed by atoms with Crippen molar-refractivity contribution in [3.8, 4) is 0 Å². The van der Waals surface area contributed by atoms with E-state index in [1.165, 1.54) is 0 Å². The van der Waals surface area contributed by atoms with E-state index in [9.17, 15) is 9.59 Å². The molecule has 1 saturated carbocycles. The monoisotopic (exact) mass is 341 g/mol. The van der Waals surface area contributed by atoms with Crippen molar-refractivity contribution in [3.05, 3.63) is 24.3 Å². The van der Waals surface area contributed by atoms with Crippen LogP contribution in [0, 0.1) is 11.8 Å². The number of fused-ring (bicyclic) bond motifs is 1. The third-order valence-electron chi connectivity index (χ3n) is 5.68. The highest BCUT2D eigenvalue weighted by atomic mass is 16.2. The fraction of sp³-hybridized carbons (Fsp3) is 0.600. The molecular weight excluding hydrogens is 314 g/mol. The zero-order valence-electron chi connectivity index (χ0n) is 15.1. The largest absolute Gasteiger partial charge is 0.373 e. The number of benzene rings is 1. The summed E-state index contributed by atoms with van der Waals surface area (Å²) in [6.07, 6.45) is 3.70. The highest BCUT2D eigenvalue weighted by molar-refractivity contribution is 6.02. The van der Waals surface area contributed by atoms with Gasteiger partial charge in [-0.3, -0.25) is 9.59 Å². The zero-order chi connectivity index (χ0) is 17.6. The quantitative estimate of drug-likeness (QED) is 0.830. The molecule has 25 heavy (non-hydrogen) atoms. The van der Waals surface area contributed by atoms with E-state index in [1.807, 2.05) is 28.0 Å². The molecule has 2 fully saturated rings. The molecule has 2 atom stereocenters. The number of rotatable bonds is 2. The summed E-state index contributed by atoms with van der Waals surface area (Å²) in [5.41, 5.74) is 2.07. The molecule has 0 aromatic heterocycles. The van der Waals surface area contributed by atoms with Crippen LogP contribution in [0.15, 0.2) is 24.3 Å². The van der Waals surface area contributed by atoms with Gasteiger partial charge in [-0.1, -0.05) is 19.1 Å². The Kier molecular flexibility index (Phi) is 4.18. The van der Waals surface area contributed by atoms with Gasteiger partial charge in [0.05, 0.1) is 11.4 Å². The minimum atomic E-state index is -0.281. The van der Waals surface area contributed by atoms with Crippen LogP contribution in [0.2, 0.25) is 0 Å². The lowest BCUT2D eigenvalue weighted by Crippen LogP contribution is -2.49. The summed E-state index contributed by atoms with van der Waals surface area (Å²) in [5, 5.41) is 0. The fourth-order valence-electron chi connectivity index (χ4n) is 4.29. The van der Waals surface area contributed by atoms with Gasteiger partial charge in [-0.05, 0) is 43.7 Å². The molecule has 0 radical (unpaired) electrons. The van der Waals surface area contributed by atoms with Crippen LogP contribution in [0.1, 0.15) is 32.6 Å². The van der Waals surface area contributed by atoms with Gasteiger partial charge in [0.25, 0.3) is 0 Å². The normalized spacial score (nSPS) is 26.4. The molecule has 0 unspecified atom stereocenters. The highest BCUT2D eigenvalue weighted by Gasteiger charge is 2.43. The predicted octanol–water partition coefficient (Wildman–Crippen LogP) is 2.51. The van der Waals surface area contributed by atoms with Crippen LogP contribution in [-0.4, -0.2) is 49.4 Å². The molecular formula is C20H27N3O2. The summed E-state index contributed by atoms with van der Waals surface area (Å²) in [7, 11) is 2.09. The van der Waals surface area contributed by atoms with Gasteiger partial charge < -0.3 is 14.7 Å². The van der Waals surface area contributed by atoms with E-state index in [1.54, 1.807) is 0 Å². The molecule has 0 bridgehead atoms. The number of amides is 2. The molecule has 5 nitrogen and oxygen atoms in total. The van der Waals surface area contributed by atoms with Crippen molar-refractivity contribution in [1.82, 2.24) is 4.90 Å². The molecule has 2 aliphatic heterocycles. The summed E-state index contributed by atoms with van der Waals surface area (Å²) >= 11 is 0. The SMILES string of the molecule is C[C@@H]1CN(C)c2ccccc2N(C(=O)[C@@H]2CCCN2C(=O)C2CC2)C1. The van der Waals surface area contributed by atoms with E-state index in [0.29, 0.717) is 12.5 Å². The summed E-state index contributed by atoms with van der Waals surface area (Å²) in [4.78, 5) is 32.1. The molecule has 5 heteroatoms. The van der Waals surface area contributed by atoms with E-state index in [-0.39, 0.29) is 23.8 Å². The lowest BCUT2D eigenvalue weighted by Gasteiger charge is -2.31. The van der Waals surface area contributed by atoms with E-state index in [2.05, 4.69) is 24.9 Å². The van der Waals surface area contributed by atoms with Crippen LogP contribution in [0.4, 0.5) is 11.4 Å². The minimum Gasteiger partial charge on any atom is -0.373 e. The Morgan fingerprint density at radius 3 is 2.44 bits per heavy atom. The van der Waals surface area contributed by atoms with Crippen molar-refractivity contribution < 1.29 is 9.59 Å². The van der Waals surface area contributed by atoms with Crippen molar-refractivity contribution >= 4 is 23.2 Å². The first-order chi connectivity index (χ1) is 12.1. The van der Waals surface area contributed by atoms with E-state index in [0.717, 1.165) is 50.1 Å². The Morgan fingerprint density at radius 1 is 1.00 bits per heavy atom. The first-order valence-corrected chi connectivity index (χ1v) is 9.48. The topological polar surface area (TPSA) is 43.9 Å². The molecule has 3 aliphatic rings. The number of carbonyl (C=O) groups excluding carboxylic acids is 2. The third-order valence-corrected chi connectivity index (χ3v) is 5.68. The minimum absolute atomic E-state index is 0.0982. The average Bonchev–Trinajstić information content (AvgIpc) is 3.36. The summed E-state index contributed by atoms with van der Waals surface area (Å²) < 4.78 is 0. The maximum Gasteiger partial charge on any atom is 0.249 e. The smallest absolute Gasteiger partial charge is 0.249 e. The van der Waals surface area contributed by atoms with Crippen molar-refractivity contribution in [2.75, 3.05) is 36.5 Å². The van der Waals surface area contributed by atoms with Gasteiger partial charge in [0.1, 0.15) is 6.04 Å². The molecule has 1 saturated heterocycles. The molecule has 1 aromatic carbocycles. The molecule has 1 aliphatic carbocycles. The van der Waals surface area contributed by atoms with Crippen LogP contribution in [0.25, 0.3) is 0 Å². The standard InChI is InChI=1S/C20H27N3O2/c1-14-12-21(2)16-6-3-4-7-17(16)23(13-14)20(25)18-8-5-11-22(18)19(24)15-9-10-15/h3-4,6-7,14-15,18H,5,8-13H2,1-2H3/t14-,18+/m1/s1. The van der Waals surface area contributed by atoms with Gasteiger partial charge in [-0.2, -0.15) is 0 Å². The number of hydrogen-bond acceptors (Lipinski definition) is 3. The Hall–Kier alpha value is -2.04. The summed E-state index contributed by atoms with van der Waals surface area (Å²) in [6, 6.07) is 7.84. The lowest BCUT2D eigenvalue weighted by molar-refractivity contribution is -0.138. The average molecular weight is 341 g/mol. The first-order valence-electron chi connectivity index (χ1n) is 9.48. The van der Waals surface area contributed by atoms with Crippen molar-refractivity contribution in [2.24, 2.45) is 11.8 Å². The van der Waals surface area contributed by atoms with Gasteiger partial charge in [0.2, 0.25) is 11.8 Å². The second-order valence-electron chi connectivity index (χ2n) is 7.89. The number of anilines is 2. The fourth-order valence-corrected chi connectivity index (χ4v) is 4.29. The van der Waals surface area contributed by atoms with Crippen LogP contribution in [0.5, 0.6) is 0 Å². The van der Waals surface area contributed by atoms with E-state index >= 15 is 0 Å². The molecule has 1 aromatic rings. The van der Waals surface area contributed by atoms with Gasteiger partial charge in [0, 0.05) is 32.6 Å². The predicted molar refractivity (Wildman–Crippen MR) is 98.7 cm³/mol. The Balaban J connectivity index is 1.64. The van der Waals surface area contributed by atoms with Crippen LogP contribution in [-0.2, 0) is 9.59 Å². The molecule has 2 heterocycles. The maximum atomic E-state index is 13.4. The second-order valence-corrected chi connectivity index (χ2v) is 7.89. The second kappa shape index (κ2) is 6.36. The van der Waals surface area contributed by atoms with Crippen LogP contribution in [0.3, 0.4) is 0 Å². The Morgan fingerprint density at radius 2 is 1.72 bits per heavy atom. The van der Waals surface area contributed by atoms with Crippen molar-refractivity contribution in [2.45, 2.75) is 38.6 Å². The summed E-state index contributed by atoms with van der Waals surface area (Å²) in [5.74, 6) is 0.857. The zero-order valence-corrected chi connectivity index (χ0v) is 15.1. The molecule has 134 valence electrons. The maximum absolute atomic E-state index is 13.4. The van der Waals surface area contributed by atoms with E-state index < -0.39 is 0 Å². The van der Waals surface area contributed by atoms with Gasteiger partial charge >= 0.3 is 0 Å². The van der Waals surface area contributed by atoms with Crippen molar-refractivity contribution in [3.63, 3.8) is 0 Å². The molecule has 2 amide bonds. The van der Waals surface area contributed by atoms with Gasteiger partial charge in [-0.25, -0.2) is 0 Å². The van der Waals surface area contributed by atoms with Crippen LogP contribution >= 0.6 is 0 Å². The van der Waals surface area contributed by atoms with Gasteiger partial charge in [-0.15, -0.1) is 0 Å². The number of carbonyl (C=O) groups is 2. The summed E-state index contributed by atoms with van der Waals surface area (Å²) in [6.45, 7) is 4.55.